The van der Waals surface area contributed by atoms with Crippen molar-refractivity contribution in [2.45, 2.75) is 6.04 Å². The first kappa shape index (κ1) is 28.2. The topological polar surface area (TPSA) is 45.4 Å². The molecule has 0 fully saturated rings. The summed E-state index contributed by atoms with van der Waals surface area (Å²) >= 11 is 0. The summed E-state index contributed by atoms with van der Waals surface area (Å²) in [6.45, 7) is 0.717. The van der Waals surface area contributed by atoms with Crippen LogP contribution in [0.2, 0.25) is 0 Å². The molecule has 2 N–H and O–H groups in total. The van der Waals surface area contributed by atoms with Crippen molar-refractivity contribution >= 4 is 61.3 Å². The predicted molar refractivity (Wildman–Crippen MR) is 211 cm³/mol. The first-order valence-corrected chi connectivity index (χ1v) is 17.5. The summed E-state index contributed by atoms with van der Waals surface area (Å²) in [4.78, 5) is 2.45. The number of nitrogens with zero attached hydrogens (tertiary/aromatic N) is 2. The Kier molecular flexibility index (Phi) is 6.01. The fourth-order valence-electron chi connectivity index (χ4n) is 8.39. The van der Waals surface area contributed by atoms with Crippen LogP contribution in [0.25, 0.3) is 60.7 Å². The monoisotopic (exact) mass is 656 g/mol. The molecule has 0 spiro atoms. The highest BCUT2D eigenvalue weighted by molar-refractivity contribution is 6.21. The van der Waals surface area contributed by atoms with Crippen LogP contribution < -0.4 is 15.5 Å². The average molecular weight is 657 g/mol. The Hall–Kier alpha value is -6.72. The Morgan fingerprint density at radius 3 is 2.18 bits per heavy atom. The number of benzene rings is 7. The van der Waals surface area contributed by atoms with Crippen LogP contribution in [0, 0.1) is 0 Å². The van der Waals surface area contributed by atoms with Gasteiger partial charge in [0.2, 0.25) is 5.88 Å². The average Bonchev–Trinajstić information content (AvgIpc) is 3.71. The number of fused-ring (bicyclic) bond motifs is 12. The lowest BCUT2D eigenvalue weighted by atomic mass is 9.95. The zero-order valence-corrected chi connectivity index (χ0v) is 27.7. The van der Waals surface area contributed by atoms with Gasteiger partial charge in [0.15, 0.2) is 0 Å². The number of anilines is 5. The van der Waals surface area contributed by atoms with Crippen molar-refractivity contribution < 1.29 is 4.42 Å². The van der Waals surface area contributed by atoms with Crippen LogP contribution in [0.1, 0.15) is 11.6 Å². The minimum Gasteiger partial charge on any atom is -0.438 e. The zero-order chi connectivity index (χ0) is 33.5. The van der Waals surface area contributed by atoms with Gasteiger partial charge in [-0.15, -0.1) is 0 Å². The molecule has 0 saturated heterocycles. The minimum absolute atomic E-state index is 0.0610. The molecule has 1 atom stereocenters. The van der Waals surface area contributed by atoms with Crippen LogP contribution in [-0.2, 0) is 0 Å². The van der Waals surface area contributed by atoms with Crippen molar-refractivity contribution in [2.75, 3.05) is 22.1 Å². The third kappa shape index (κ3) is 4.15. The van der Waals surface area contributed by atoms with Crippen molar-refractivity contribution in [3.05, 3.63) is 169 Å². The summed E-state index contributed by atoms with van der Waals surface area (Å²) in [5, 5.41) is 12.2. The summed E-state index contributed by atoms with van der Waals surface area (Å²) in [5.74, 6) is 0.801. The minimum atomic E-state index is 0.0610. The van der Waals surface area contributed by atoms with Gasteiger partial charge in [-0.25, -0.2) is 0 Å². The molecule has 5 nitrogen and oxygen atoms in total. The van der Waals surface area contributed by atoms with Gasteiger partial charge in [-0.3, -0.25) is 0 Å². The second-order valence-corrected chi connectivity index (χ2v) is 13.4. The summed E-state index contributed by atoms with van der Waals surface area (Å²) < 4.78 is 8.59. The first-order valence-electron chi connectivity index (χ1n) is 17.5. The molecule has 0 amide bonds. The fraction of sp³-hybridized carbons (Fsp3) is 0.0435. The van der Waals surface area contributed by atoms with Gasteiger partial charge in [0.1, 0.15) is 11.3 Å². The molecule has 2 aliphatic heterocycles. The van der Waals surface area contributed by atoms with Gasteiger partial charge in [0, 0.05) is 45.4 Å². The van der Waals surface area contributed by atoms with E-state index in [1.54, 1.807) is 0 Å². The number of aromatic nitrogens is 1. The molecule has 5 heteroatoms. The Morgan fingerprint density at radius 1 is 0.588 bits per heavy atom. The van der Waals surface area contributed by atoms with E-state index < -0.39 is 0 Å². The highest BCUT2D eigenvalue weighted by atomic mass is 16.4. The van der Waals surface area contributed by atoms with E-state index in [0.717, 1.165) is 51.8 Å². The van der Waals surface area contributed by atoms with E-state index in [1.165, 1.54) is 49.6 Å². The van der Waals surface area contributed by atoms with Gasteiger partial charge < -0.3 is 24.5 Å². The number of para-hydroxylation sites is 4. The van der Waals surface area contributed by atoms with Gasteiger partial charge >= 0.3 is 0 Å². The third-order valence-corrected chi connectivity index (χ3v) is 10.6. The first-order chi connectivity index (χ1) is 25.3. The highest BCUT2D eigenvalue weighted by Crippen LogP contribution is 2.55. The molecule has 0 aliphatic carbocycles. The molecule has 2 aromatic heterocycles. The Balaban J connectivity index is 1.16. The molecule has 242 valence electrons. The molecule has 2 aliphatic rings. The molecule has 4 heterocycles. The van der Waals surface area contributed by atoms with E-state index in [2.05, 4.69) is 172 Å². The van der Waals surface area contributed by atoms with Crippen LogP contribution in [-0.4, -0.2) is 11.1 Å². The van der Waals surface area contributed by atoms with Crippen LogP contribution in [0.15, 0.2) is 168 Å². The molecule has 51 heavy (non-hydrogen) atoms. The lowest BCUT2D eigenvalue weighted by Gasteiger charge is -2.30. The predicted octanol–water partition coefficient (Wildman–Crippen LogP) is 12.2. The number of hydrogen-bond acceptors (Lipinski definition) is 4. The van der Waals surface area contributed by atoms with E-state index in [1.807, 2.05) is 12.1 Å². The normalized spacial score (nSPS) is 14.7. The van der Waals surface area contributed by atoms with Crippen molar-refractivity contribution in [3.8, 4) is 28.1 Å². The zero-order valence-electron chi connectivity index (χ0n) is 27.7. The standard InChI is InChI=1S/C46H32N4O/c1-2-15-31(16-3-1)50-40-26-25-29-13-4-5-18-33(29)42(40)43-34-19-6-9-22-38(34)49(39-23-10-7-20-35(39)45(43)50)32-17-12-14-30(27-32)37-28-47-46-44(48-37)36-21-8-11-24-41(36)51-46/h1-27,37,47-48H,28H2. The van der Waals surface area contributed by atoms with E-state index in [0.29, 0.717) is 0 Å². The van der Waals surface area contributed by atoms with Crippen molar-refractivity contribution in [1.82, 2.24) is 4.57 Å². The number of rotatable bonds is 3. The maximum Gasteiger partial charge on any atom is 0.217 e. The Bertz CT molecular complexity index is 2810. The molecule has 0 radical (unpaired) electrons. The second-order valence-electron chi connectivity index (χ2n) is 13.4. The Morgan fingerprint density at radius 2 is 1.29 bits per heavy atom. The maximum atomic E-state index is 6.12. The summed E-state index contributed by atoms with van der Waals surface area (Å²) in [6.07, 6.45) is 0. The van der Waals surface area contributed by atoms with Crippen molar-refractivity contribution in [2.24, 2.45) is 0 Å². The molecule has 0 bridgehead atoms. The van der Waals surface area contributed by atoms with E-state index in [9.17, 15) is 0 Å². The smallest absolute Gasteiger partial charge is 0.217 e. The van der Waals surface area contributed by atoms with E-state index in [4.69, 9.17) is 4.42 Å². The summed E-state index contributed by atoms with van der Waals surface area (Å²) in [7, 11) is 0. The van der Waals surface area contributed by atoms with Crippen LogP contribution >= 0.6 is 0 Å². The van der Waals surface area contributed by atoms with Gasteiger partial charge in [0.25, 0.3) is 0 Å². The quantitative estimate of drug-likeness (QED) is 0.199. The Labute approximate surface area is 295 Å². The molecule has 9 aromatic rings. The number of nitrogens with one attached hydrogen (secondary N) is 2. The molecule has 11 rings (SSSR count). The van der Waals surface area contributed by atoms with Gasteiger partial charge in [-0.05, 0) is 70.9 Å². The van der Waals surface area contributed by atoms with Gasteiger partial charge in [-0.2, -0.15) is 0 Å². The largest absolute Gasteiger partial charge is 0.438 e. The lowest BCUT2D eigenvalue weighted by Crippen LogP contribution is -2.25. The second kappa shape index (κ2) is 10.9. The fourth-order valence-corrected chi connectivity index (χ4v) is 8.39. The highest BCUT2D eigenvalue weighted by Gasteiger charge is 2.32. The van der Waals surface area contributed by atoms with Crippen LogP contribution in [0.3, 0.4) is 0 Å². The SMILES string of the molecule is c1ccc(-n2c3c(c4c5ccccc5ccc42)-c2ccccc2N(c2cccc(C4CNc5oc6ccccc6c5N4)c2)c2ccccc2-3)cc1. The van der Waals surface area contributed by atoms with Gasteiger partial charge in [0.05, 0.1) is 28.6 Å². The maximum absolute atomic E-state index is 6.12. The molecule has 1 unspecified atom stereocenters. The molecular weight excluding hydrogens is 625 g/mol. The number of furan rings is 1. The molecule has 7 aromatic carbocycles. The van der Waals surface area contributed by atoms with Gasteiger partial charge in [-0.1, -0.05) is 109 Å². The van der Waals surface area contributed by atoms with E-state index in [-0.39, 0.29) is 6.04 Å². The summed E-state index contributed by atoms with van der Waals surface area (Å²) in [6, 6.07) is 59.2. The lowest BCUT2D eigenvalue weighted by molar-refractivity contribution is 0.613. The number of hydrogen-bond donors (Lipinski definition) is 2. The van der Waals surface area contributed by atoms with Crippen molar-refractivity contribution in [1.29, 1.82) is 0 Å². The van der Waals surface area contributed by atoms with E-state index >= 15 is 0 Å². The van der Waals surface area contributed by atoms with Crippen LogP contribution in [0.4, 0.5) is 28.6 Å². The van der Waals surface area contributed by atoms with Crippen LogP contribution in [0.5, 0.6) is 0 Å². The molecular formula is C46H32N4O. The summed E-state index contributed by atoms with van der Waals surface area (Å²) in [5.41, 5.74) is 13.7. The third-order valence-electron chi connectivity index (χ3n) is 10.6. The molecule has 0 saturated carbocycles. The van der Waals surface area contributed by atoms with Crippen molar-refractivity contribution in [3.63, 3.8) is 0 Å².